The zero-order valence-corrected chi connectivity index (χ0v) is 14.1. The third kappa shape index (κ3) is 4.58. The van der Waals surface area contributed by atoms with Crippen LogP contribution in [0, 0.1) is 10.1 Å². The summed E-state index contributed by atoms with van der Waals surface area (Å²) in [5.41, 5.74) is 0.633. The van der Waals surface area contributed by atoms with Crippen LogP contribution < -0.4 is 4.74 Å². The maximum Gasteiger partial charge on any atom is 0.338 e. The van der Waals surface area contributed by atoms with Crippen LogP contribution in [-0.4, -0.2) is 30.2 Å². The van der Waals surface area contributed by atoms with E-state index in [-0.39, 0.29) is 18.4 Å². The second-order valence-electron chi connectivity index (χ2n) is 5.93. The Bertz CT molecular complexity index is 768. The fraction of sp³-hybridized carbons (Fsp3) is 0.316. The highest BCUT2D eigenvalue weighted by Gasteiger charge is 2.17. The van der Waals surface area contributed by atoms with Gasteiger partial charge in [0.2, 0.25) is 0 Å². The molecule has 2 aromatic carbocycles. The van der Waals surface area contributed by atoms with E-state index < -0.39 is 10.9 Å². The summed E-state index contributed by atoms with van der Waals surface area (Å²) in [7, 11) is 0. The first-order chi connectivity index (χ1) is 12.6. The van der Waals surface area contributed by atoms with Crippen molar-refractivity contribution in [3.05, 3.63) is 69.8 Å². The third-order valence-corrected chi connectivity index (χ3v) is 4.10. The first kappa shape index (κ1) is 17.9. The van der Waals surface area contributed by atoms with Gasteiger partial charge in [-0.2, -0.15) is 0 Å². The number of hydrogen-bond donors (Lipinski definition) is 0. The van der Waals surface area contributed by atoms with Gasteiger partial charge in [-0.15, -0.1) is 0 Å². The van der Waals surface area contributed by atoms with Crippen molar-refractivity contribution in [1.29, 1.82) is 0 Å². The fourth-order valence-corrected chi connectivity index (χ4v) is 2.69. The molecule has 1 heterocycles. The van der Waals surface area contributed by atoms with Crippen molar-refractivity contribution in [3.63, 3.8) is 0 Å². The highest BCUT2D eigenvalue weighted by molar-refractivity contribution is 5.89. The topological polar surface area (TPSA) is 87.9 Å². The highest BCUT2D eigenvalue weighted by atomic mass is 16.6. The number of carbonyl (C=O) groups is 1. The Hall–Kier alpha value is -2.93. The lowest BCUT2D eigenvalue weighted by Gasteiger charge is -2.11. The van der Waals surface area contributed by atoms with Gasteiger partial charge in [0.15, 0.2) is 0 Å². The first-order valence-corrected chi connectivity index (χ1v) is 8.37. The van der Waals surface area contributed by atoms with E-state index in [2.05, 4.69) is 0 Å². The highest BCUT2D eigenvalue weighted by Crippen LogP contribution is 2.20. The summed E-state index contributed by atoms with van der Waals surface area (Å²) in [5.74, 6) is 0.101. The third-order valence-electron chi connectivity index (χ3n) is 4.10. The molecule has 1 saturated heterocycles. The number of rotatable bonds is 7. The van der Waals surface area contributed by atoms with Crippen LogP contribution in [0.1, 0.15) is 28.8 Å². The summed E-state index contributed by atoms with van der Waals surface area (Å²) in [4.78, 5) is 22.6. The molecule has 0 aromatic heterocycles. The Labute approximate surface area is 150 Å². The van der Waals surface area contributed by atoms with Gasteiger partial charge in [-0.1, -0.05) is 12.1 Å². The molecule has 0 amide bonds. The summed E-state index contributed by atoms with van der Waals surface area (Å²) in [6.07, 6.45) is 2.18. The van der Waals surface area contributed by atoms with E-state index in [1.807, 2.05) is 0 Å². The Morgan fingerprint density at radius 1 is 1.19 bits per heavy atom. The van der Waals surface area contributed by atoms with Gasteiger partial charge in [0.05, 0.1) is 22.2 Å². The van der Waals surface area contributed by atoms with E-state index in [1.54, 1.807) is 42.5 Å². The average Bonchev–Trinajstić information content (AvgIpc) is 3.18. The largest absolute Gasteiger partial charge is 0.491 e. The molecule has 1 unspecified atom stereocenters. The van der Waals surface area contributed by atoms with Gasteiger partial charge >= 0.3 is 5.97 Å². The molecule has 0 radical (unpaired) electrons. The smallest absolute Gasteiger partial charge is 0.338 e. The van der Waals surface area contributed by atoms with Crippen molar-refractivity contribution in [1.82, 2.24) is 0 Å². The molecule has 136 valence electrons. The summed E-state index contributed by atoms with van der Waals surface area (Å²) < 4.78 is 16.3. The molecule has 0 spiro atoms. The molecule has 7 nitrogen and oxygen atoms in total. The molecule has 3 rings (SSSR count). The number of esters is 1. The molecule has 1 atom stereocenters. The van der Waals surface area contributed by atoms with Gasteiger partial charge in [-0.05, 0) is 43.2 Å². The van der Waals surface area contributed by atoms with Gasteiger partial charge in [-0.3, -0.25) is 10.1 Å². The lowest BCUT2D eigenvalue weighted by atomic mass is 10.2. The number of nitrogens with zero attached hydrogens (tertiary/aromatic N) is 1. The van der Waals surface area contributed by atoms with E-state index in [1.165, 1.54) is 6.07 Å². The summed E-state index contributed by atoms with van der Waals surface area (Å²) in [6.45, 7) is 1.10. The van der Waals surface area contributed by atoms with E-state index in [0.717, 1.165) is 19.4 Å². The van der Waals surface area contributed by atoms with Crippen LogP contribution in [0.15, 0.2) is 48.5 Å². The molecule has 26 heavy (non-hydrogen) atoms. The van der Waals surface area contributed by atoms with Gasteiger partial charge in [0.1, 0.15) is 19.0 Å². The van der Waals surface area contributed by atoms with Gasteiger partial charge in [-0.25, -0.2) is 4.79 Å². The Kier molecular flexibility index (Phi) is 5.80. The number of carbonyl (C=O) groups excluding carboxylic acids is 1. The van der Waals surface area contributed by atoms with Crippen LogP contribution in [0.2, 0.25) is 0 Å². The van der Waals surface area contributed by atoms with E-state index in [0.29, 0.717) is 23.5 Å². The van der Waals surface area contributed by atoms with Crippen molar-refractivity contribution < 1.29 is 23.9 Å². The van der Waals surface area contributed by atoms with E-state index >= 15 is 0 Å². The first-order valence-electron chi connectivity index (χ1n) is 8.37. The minimum atomic E-state index is -0.547. The monoisotopic (exact) mass is 357 g/mol. The Balaban J connectivity index is 1.54. The molecule has 0 aliphatic carbocycles. The van der Waals surface area contributed by atoms with Crippen molar-refractivity contribution in [2.75, 3.05) is 13.2 Å². The van der Waals surface area contributed by atoms with Crippen LogP contribution in [0.5, 0.6) is 5.75 Å². The second-order valence-corrected chi connectivity index (χ2v) is 5.93. The van der Waals surface area contributed by atoms with Crippen LogP contribution in [0.4, 0.5) is 5.69 Å². The lowest BCUT2D eigenvalue weighted by molar-refractivity contribution is -0.385. The van der Waals surface area contributed by atoms with Crippen molar-refractivity contribution in [2.45, 2.75) is 25.6 Å². The molecular formula is C19H19NO6. The predicted molar refractivity (Wildman–Crippen MR) is 93.1 cm³/mol. The van der Waals surface area contributed by atoms with Gasteiger partial charge < -0.3 is 14.2 Å². The quantitative estimate of drug-likeness (QED) is 0.428. The van der Waals surface area contributed by atoms with Crippen LogP contribution >= 0.6 is 0 Å². The average molecular weight is 357 g/mol. The fourth-order valence-electron chi connectivity index (χ4n) is 2.69. The van der Waals surface area contributed by atoms with Crippen LogP contribution in [0.3, 0.4) is 0 Å². The summed E-state index contributed by atoms with van der Waals surface area (Å²) >= 11 is 0. The number of nitro benzene ring substituents is 1. The van der Waals surface area contributed by atoms with E-state index in [9.17, 15) is 14.9 Å². The minimum Gasteiger partial charge on any atom is -0.491 e. The second kappa shape index (κ2) is 8.44. The maximum absolute atomic E-state index is 12.1. The molecule has 1 aliphatic heterocycles. The number of ether oxygens (including phenoxy) is 3. The molecule has 0 saturated carbocycles. The Morgan fingerprint density at radius 2 is 1.96 bits per heavy atom. The zero-order chi connectivity index (χ0) is 18.4. The van der Waals surface area contributed by atoms with Crippen molar-refractivity contribution in [2.24, 2.45) is 0 Å². The van der Waals surface area contributed by atoms with Crippen LogP contribution in [-0.2, 0) is 16.1 Å². The number of nitro groups is 1. The standard InChI is InChI=1S/C19H19NO6/c21-19(26-12-15-4-1-2-6-18(15)20(22)23)14-7-9-16(10-8-14)25-13-17-5-3-11-24-17/h1-2,4,6-10,17H,3,5,11-13H2. The van der Waals surface area contributed by atoms with Crippen LogP contribution in [0.25, 0.3) is 0 Å². The molecule has 2 aromatic rings. The number of para-hydroxylation sites is 1. The summed E-state index contributed by atoms with van der Waals surface area (Å²) in [6, 6.07) is 12.8. The molecule has 1 aliphatic rings. The van der Waals surface area contributed by atoms with Crippen molar-refractivity contribution in [3.8, 4) is 5.75 Å². The van der Waals surface area contributed by atoms with Gasteiger partial charge in [0, 0.05) is 12.7 Å². The predicted octanol–water partition coefficient (Wildman–Crippen LogP) is 3.51. The summed E-state index contributed by atoms with van der Waals surface area (Å²) in [5, 5.41) is 11.0. The van der Waals surface area contributed by atoms with E-state index in [4.69, 9.17) is 14.2 Å². The number of hydrogen-bond acceptors (Lipinski definition) is 6. The molecular weight excluding hydrogens is 338 g/mol. The van der Waals surface area contributed by atoms with Gasteiger partial charge in [0.25, 0.3) is 5.69 Å². The lowest BCUT2D eigenvalue weighted by Crippen LogP contribution is -2.16. The SMILES string of the molecule is O=C(OCc1ccccc1[N+](=O)[O-])c1ccc(OCC2CCCO2)cc1. The number of benzene rings is 2. The molecule has 0 bridgehead atoms. The molecule has 0 N–H and O–H groups in total. The minimum absolute atomic E-state index is 0.0711. The maximum atomic E-state index is 12.1. The Morgan fingerprint density at radius 3 is 2.65 bits per heavy atom. The van der Waals surface area contributed by atoms with Crippen molar-refractivity contribution >= 4 is 11.7 Å². The normalized spacial score (nSPS) is 16.2. The zero-order valence-electron chi connectivity index (χ0n) is 14.1. The molecule has 1 fully saturated rings. The molecule has 7 heteroatoms.